The van der Waals surface area contributed by atoms with Gasteiger partial charge in [-0.05, 0) is 25.2 Å². The molecule has 0 bridgehead atoms. The first-order chi connectivity index (χ1) is 10.3. The maximum atomic E-state index is 12.3. The fraction of sp³-hybridized carbons (Fsp3) is 0.867. The van der Waals surface area contributed by atoms with E-state index in [0.29, 0.717) is 12.3 Å². The Hall–Kier alpha value is -1.24. The number of carboxylic acids is 1. The molecule has 1 aliphatic rings. The number of aliphatic carboxylic acids is 1. The summed E-state index contributed by atoms with van der Waals surface area (Å²) in [5.41, 5.74) is 0. The summed E-state index contributed by atoms with van der Waals surface area (Å²) >= 11 is 0. The maximum Gasteiger partial charge on any atom is 0.326 e. The molecule has 1 fully saturated rings. The molecule has 4 atom stereocenters. The largest absolute Gasteiger partial charge is 0.480 e. The fourth-order valence-electron chi connectivity index (χ4n) is 2.74. The van der Waals surface area contributed by atoms with Crippen molar-refractivity contribution in [1.82, 2.24) is 5.32 Å². The van der Waals surface area contributed by atoms with Gasteiger partial charge in [-0.15, -0.1) is 0 Å². The molecular weight excluding hydrogens is 296 g/mol. The van der Waals surface area contributed by atoms with Crippen LogP contribution in [0.5, 0.6) is 0 Å². The van der Waals surface area contributed by atoms with Gasteiger partial charge in [-0.2, -0.15) is 0 Å². The van der Waals surface area contributed by atoms with E-state index in [4.69, 9.17) is 9.84 Å². The number of hydrogen-bond acceptors (Lipinski definition) is 3. The summed E-state index contributed by atoms with van der Waals surface area (Å²) in [5, 5.41) is 11.0. The first kappa shape index (κ1) is 18.8. The van der Waals surface area contributed by atoms with Gasteiger partial charge in [-0.25, -0.2) is 13.6 Å². The van der Waals surface area contributed by atoms with E-state index in [9.17, 15) is 18.4 Å². The summed E-state index contributed by atoms with van der Waals surface area (Å²) in [6.07, 6.45) is -0.244. The van der Waals surface area contributed by atoms with Crippen molar-refractivity contribution in [1.29, 1.82) is 0 Å². The van der Waals surface area contributed by atoms with Crippen molar-refractivity contribution in [2.45, 2.75) is 77.0 Å². The minimum atomic E-state index is -2.79. The summed E-state index contributed by atoms with van der Waals surface area (Å²) in [4.78, 5) is 23.0. The zero-order valence-electron chi connectivity index (χ0n) is 13.1. The number of carbonyl (C=O) groups excluding carboxylic acids is 1. The highest BCUT2D eigenvalue weighted by Gasteiger charge is 2.30. The van der Waals surface area contributed by atoms with Crippen molar-refractivity contribution in [3.8, 4) is 0 Å². The molecule has 1 amide bonds. The molecule has 0 saturated heterocycles. The highest BCUT2D eigenvalue weighted by atomic mass is 19.3. The minimum absolute atomic E-state index is 0.0298. The number of amides is 1. The summed E-state index contributed by atoms with van der Waals surface area (Å²) in [7, 11) is 0. The van der Waals surface area contributed by atoms with Gasteiger partial charge in [0.25, 0.3) is 0 Å². The lowest BCUT2D eigenvalue weighted by Gasteiger charge is -2.30. The predicted octanol–water partition coefficient (Wildman–Crippen LogP) is 2.58. The number of hydrogen-bond donors (Lipinski definition) is 2. The van der Waals surface area contributed by atoms with E-state index in [2.05, 4.69) is 12.2 Å². The first-order valence-corrected chi connectivity index (χ1v) is 7.80. The topological polar surface area (TPSA) is 75.6 Å². The molecule has 7 heteroatoms. The molecule has 0 aromatic rings. The Labute approximate surface area is 129 Å². The van der Waals surface area contributed by atoms with Crippen molar-refractivity contribution in [2.24, 2.45) is 5.92 Å². The van der Waals surface area contributed by atoms with Crippen molar-refractivity contribution in [2.75, 3.05) is 0 Å². The lowest BCUT2D eigenvalue weighted by atomic mass is 9.88. The van der Waals surface area contributed by atoms with Crippen LogP contribution < -0.4 is 5.32 Å². The van der Waals surface area contributed by atoms with Crippen molar-refractivity contribution < 1.29 is 28.2 Å². The van der Waals surface area contributed by atoms with Gasteiger partial charge in [0.15, 0.2) is 0 Å². The fourth-order valence-corrected chi connectivity index (χ4v) is 2.74. The molecular formula is C15H25F2NO4. The number of carbonyl (C=O) groups is 2. The highest BCUT2D eigenvalue weighted by molar-refractivity contribution is 5.86. The number of carboxylic acid groups (broad SMARTS) is 1. The van der Waals surface area contributed by atoms with Crippen LogP contribution in [0.25, 0.3) is 0 Å². The second kappa shape index (κ2) is 9.02. The molecule has 128 valence electrons. The van der Waals surface area contributed by atoms with Crippen molar-refractivity contribution in [3.63, 3.8) is 0 Å². The number of nitrogens with one attached hydrogen (secondary N) is 1. The predicted molar refractivity (Wildman–Crippen MR) is 76.8 cm³/mol. The second-order valence-electron chi connectivity index (χ2n) is 5.95. The van der Waals surface area contributed by atoms with E-state index in [1.807, 2.05) is 0 Å². The SMILES string of the molecule is CCC(OC1CCCC(C)C1)C(=O)NC(CC(F)F)C(=O)O. The van der Waals surface area contributed by atoms with Crippen LogP contribution in [-0.2, 0) is 14.3 Å². The first-order valence-electron chi connectivity index (χ1n) is 7.80. The van der Waals surface area contributed by atoms with Gasteiger partial charge in [0.2, 0.25) is 12.3 Å². The molecule has 1 saturated carbocycles. The van der Waals surface area contributed by atoms with Crippen LogP contribution in [0.2, 0.25) is 0 Å². The quantitative estimate of drug-likeness (QED) is 0.720. The van der Waals surface area contributed by atoms with Gasteiger partial charge >= 0.3 is 5.97 Å². The number of halogens is 2. The standard InChI is InChI=1S/C15H25F2NO4/c1-3-12(22-10-6-4-5-9(2)7-10)14(19)18-11(15(20)21)8-13(16)17/h9-13H,3-8H2,1-2H3,(H,18,19)(H,20,21). The zero-order valence-corrected chi connectivity index (χ0v) is 13.1. The Kier molecular flexibility index (Phi) is 7.72. The molecule has 0 aromatic carbocycles. The van der Waals surface area contributed by atoms with Gasteiger partial charge in [0.05, 0.1) is 6.10 Å². The van der Waals surface area contributed by atoms with Crippen LogP contribution in [0.4, 0.5) is 8.78 Å². The molecule has 0 heterocycles. The van der Waals surface area contributed by atoms with Gasteiger partial charge in [-0.3, -0.25) is 4.79 Å². The number of rotatable bonds is 8. The molecule has 0 aromatic heterocycles. The molecule has 4 unspecified atom stereocenters. The van der Waals surface area contributed by atoms with Crippen LogP contribution in [-0.4, -0.2) is 41.7 Å². The smallest absolute Gasteiger partial charge is 0.326 e. The Balaban J connectivity index is 2.56. The summed E-state index contributed by atoms with van der Waals surface area (Å²) in [5.74, 6) is -1.56. The van der Waals surface area contributed by atoms with E-state index < -0.39 is 36.9 Å². The van der Waals surface area contributed by atoms with E-state index in [-0.39, 0.29) is 6.10 Å². The van der Waals surface area contributed by atoms with Crippen LogP contribution in [0.3, 0.4) is 0 Å². The van der Waals surface area contributed by atoms with Crippen molar-refractivity contribution in [3.05, 3.63) is 0 Å². The van der Waals surface area contributed by atoms with Crippen LogP contribution in [0, 0.1) is 5.92 Å². The van der Waals surface area contributed by atoms with Gasteiger partial charge in [0, 0.05) is 6.42 Å². The van der Waals surface area contributed by atoms with Crippen LogP contribution >= 0.6 is 0 Å². The normalized spacial score (nSPS) is 24.8. The summed E-state index contributed by atoms with van der Waals surface area (Å²) in [6.45, 7) is 3.87. The van der Waals surface area contributed by atoms with Crippen molar-refractivity contribution >= 4 is 11.9 Å². The molecule has 0 spiro atoms. The molecule has 0 aliphatic heterocycles. The van der Waals surface area contributed by atoms with Crippen LogP contribution in [0.15, 0.2) is 0 Å². The molecule has 22 heavy (non-hydrogen) atoms. The average Bonchev–Trinajstić information content (AvgIpc) is 2.43. The molecule has 0 radical (unpaired) electrons. The molecule has 1 rings (SSSR count). The third kappa shape index (κ3) is 6.25. The number of ether oxygens (including phenoxy) is 1. The highest BCUT2D eigenvalue weighted by Crippen LogP contribution is 2.27. The minimum Gasteiger partial charge on any atom is -0.480 e. The lowest BCUT2D eigenvalue weighted by molar-refractivity contribution is -0.147. The number of alkyl halides is 2. The summed E-state index contributed by atoms with van der Waals surface area (Å²) in [6, 6.07) is -1.59. The Bertz CT molecular complexity index is 379. The molecule has 1 aliphatic carbocycles. The van der Waals surface area contributed by atoms with E-state index >= 15 is 0 Å². The van der Waals surface area contributed by atoms with E-state index in [1.54, 1.807) is 6.92 Å². The third-order valence-corrected chi connectivity index (χ3v) is 3.94. The second-order valence-corrected chi connectivity index (χ2v) is 5.95. The van der Waals surface area contributed by atoms with Crippen LogP contribution in [0.1, 0.15) is 52.4 Å². The maximum absolute atomic E-state index is 12.3. The Morgan fingerprint density at radius 2 is 2.05 bits per heavy atom. The van der Waals surface area contributed by atoms with E-state index in [0.717, 1.165) is 25.7 Å². The van der Waals surface area contributed by atoms with Gasteiger partial charge < -0.3 is 15.2 Å². The van der Waals surface area contributed by atoms with E-state index in [1.165, 1.54) is 0 Å². The molecule has 2 N–H and O–H groups in total. The monoisotopic (exact) mass is 321 g/mol. The molecule has 5 nitrogen and oxygen atoms in total. The lowest BCUT2D eigenvalue weighted by Crippen LogP contribution is -2.47. The Morgan fingerprint density at radius 1 is 1.36 bits per heavy atom. The average molecular weight is 321 g/mol. The third-order valence-electron chi connectivity index (χ3n) is 3.94. The van der Waals surface area contributed by atoms with Gasteiger partial charge in [-0.1, -0.05) is 26.7 Å². The zero-order chi connectivity index (χ0) is 16.7. The summed E-state index contributed by atoms with van der Waals surface area (Å²) < 4.78 is 30.5. The Morgan fingerprint density at radius 3 is 2.55 bits per heavy atom. The van der Waals surface area contributed by atoms with Gasteiger partial charge in [0.1, 0.15) is 12.1 Å².